The SMILES string of the molecule is CN=C(NCc1cccc(NC(=O)Cn2cccn2)c1)N(C)Cc1ccc(OC)cc1. The van der Waals surface area contributed by atoms with E-state index in [-0.39, 0.29) is 12.5 Å². The van der Waals surface area contributed by atoms with Crippen molar-refractivity contribution in [3.05, 3.63) is 78.1 Å². The number of guanidine groups is 1. The van der Waals surface area contributed by atoms with E-state index in [0.717, 1.165) is 28.5 Å². The number of nitrogens with one attached hydrogen (secondary N) is 2. The molecule has 0 spiro atoms. The largest absolute Gasteiger partial charge is 0.497 e. The molecule has 0 saturated heterocycles. The van der Waals surface area contributed by atoms with Crippen LogP contribution in [0, 0.1) is 0 Å². The van der Waals surface area contributed by atoms with Crippen LogP contribution >= 0.6 is 0 Å². The molecule has 0 fully saturated rings. The highest BCUT2D eigenvalue weighted by atomic mass is 16.5. The van der Waals surface area contributed by atoms with Crippen molar-refractivity contribution >= 4 is 17.6 Å². The highest BCUT2D eigenvalue weighted by Gasteiger charge is 2.08. The molecule has 8 heteroatoms. The van der Waals surface area contributed by atoms with Crippen molar-refractivity contribution in [2.75, 3.05) is 26.5 Å². The number of aliphatic imine (C=N–C) groups is 1. The van der Waals surface area contributed by atoms with Gasteiger partial charge >= 0.3 is 0 Å². The Hall–Kier alpha value is -3.81. The fourth-order valence-corrected chi connectivity index (χ4v) is 3.15. The molecular weight excluding hydrogens is 392 g/mol. The van der Waals surface area contributed by atoms with Crippen molar-refractivity contribution < 1.29 is 9.53 Å². The number of rotatable bonds is 8. The van der Waals surface area contributed by atoms with E-state index in [1.165, 1.54) is 0 Å². The Bertz CT molecular complexity index is 999. The first kappa shape index (κ1) is 21.9. The van der Waals surface area contributed by atoms with Gasteiger partial charge in [-0.05, 0) is 41.5 Å². The molecule has 0 aliphatic carbocycles. The quantitative estimate of drug-likeness (QED) is 0.432. The second kappa shape index (κ2) is 10.8. The molecule has 0 aliphatic rings. The number of hydrogen-bond acceptors (Lipinski definition) is 4. The van der Waals surface area contributed by atoms with E-state index in [0.29, 0.717) is 13.1 Å². The lowest BCUT2D eigenvalue weighted by Crippen LogP contribution is -2.38. The molecule has 0 aliphatic heterocycles. The lowest BCUT2D eigenvalue weighted by Gasteiger charge is -2.22. The maximum atomic E-state index is 12.2. The smallest absolute Gasteiger partial charge is 0.246 e. The summed E-state index contributed by atoms with van der Waals surface area (Å²) in [6.07, 6.45) is 3.41. The highest BCUT2D eigenvalue weighted by molar-refractivity contribution is 5.90. The third-order valence-electron chi connectivity index (χ3n) is 4.68. The summed E-state index contributed by atoms with van der Waals surface area (Å²) < 4.78 is 6.80. The minimum Gasteiger partial charge on any atom is -0.497 e. The highest BCUT2D eigenvalue weighted by Crippen LogP contribution is 2.13. The van der Waals surface area contributed by atoms with Gasteiger partial charge in [0.15, 0.2) is 5.96 Å². The van der Waals surface area contributed by atoms with E-state index < -0.39 is 0 Å². The molecule has 0 bridgehead atoms. The zero-order valence-electron chi connectivity index (χ0n) is 18.1. The Morgan fingerprint density at radius 2 is 1.97 bits per heavy atom. The predicted molar refractivity (Wildman–Crippen MR) is 122 cm³/mol. The lowest BCUT2D eigenvalue weighted by molar-refractivity contribution is -0.116. The number of amides is 1. The number of methoxy groups -OCH3 is 1. The zero-order chi connectivity index (χ0) is 22.1. The van der Waals surface area contributed by atoms with Gasteiger partial charge in [0.2, 0.25) is 5.91 Å². The topological polar surface area (TPSA) is 83.8 Å². The number of hydrogen-bond donors (Lipinski definition) is 2. The number of benzene rings is 2. The molecule has 162 valence electrons. The Balaban J connectivity index is 1.53. The molecule has 1 amide bonds. The van der Waals surface area contributed by atoms with Gasteiger partial charge in [-0.3, -0.25) is 14.5 Å². The first-order valence-electron chi connectivity index (χ1n) is 9.98. The summed E-state index contributed by atoms with van der Waals surface area (Å²) in [6.45, 7) is 1.48. The molecule has 0 unspecified atom stereocenters. The van der Waals surface area contributed by atoms with Crippen molar-refractivity contribution in [3.63, 3.8) is 0 Å². The molecular formula is C23H28N6O2. The van der Waals surface area contributed by atoms with Crippen LogP contribution in [0.5, 0.6) is 5.75 Å². The summed E-state index contributed by atoms with van der Waals surface area (Å²) in [5.41, 5.74) is 2.95. The Kier molecular flexibility index (Phi) is 7.64. The van der Waals surface area contributed by atoms with Gasteiger partial charge in [-0.25, -0.2) is 0 Å². The standard InChI is InChI=1S/C23H28N6O2/c1-24-23(28(2)16-18-8-10-21(31-3)11-9-18)25-15-19-6-4-7-20(14-19)27-22(30)17-29-13-5-12-26-29/h4-14H,15-17H2,1-3H3,(H,24,25)(H,27,30). The molecule has 0 saturated carbocycles. The van der Waals surface area contributed by atoms with Gasteiger partial charge < -0.3 is 20.3 Å². The molecule has 3 aromatic rings. The Labute approximate surface area is 182 Å². The first-order valence-corrected chi connectivity index (χ1v) is 9.98. The number of aromatic nitrogens is 2. The minimum absolute atomic E-state index is 0.121. The number of ether oxygens (including phenoxy) is 1. The average Bonchev–Trinajstić information content (AvgIpc) is 3.28. The van der Waals surface area contributed by atoms with Crippen molar-refractivity contribution in [1.29, 1.82) is 0 Å². The molecule has 2 aromatic carbocycles. The minimum atomic E-state index is -0.121. The van der Waals surface area contributed by atoms with E-state index in [1.807, 2.05) is 55.6 Å². The average molecular weight is 421 g/mol. The van der Waals surface area contributed by atoms with Crippen LogP contribution in [0.25, 0.3) is 0 Å². The summed E-state index contributed by atoms with van der Waals surface area (Å²) in [6, 6.07) is 17.5. The molecule has 1 heterocycles. The number of carbonyl (C=O) groups is 1. The number of nitrogens with zero attached hydrogens (tertiary/aromatic N) is 4. The van der Waals surface area contributed by atoms with Crippen LogP contribution in [0.3, 0.4) is 0 Å². The molecule has 3 rings (SSSR count). The molecule has 1 aromatic heterocycles. The van der Waals surface area contributed by atoms with Crippen LogP contribution in [0.15, 0.2) is 72.0 Å². The van der Waals surface area contributed by atoms with Gasteiger partial charge in [0, 0.05) is 45.3 Å². The van der Waals surface area contributed by atoms with Crippen molar-refractivity contribution in [2.45, 2.75) is 19.6 Å². The summed E-state index contributed by atoms with van der Waals surface area (Å²) in [4.78, 5) is 18.6. The van der Waals surface area contributed by atoms with E-state index >= 15 is 0 Å². The van der Waals surface area contributed by atoms with Crippen molar-refractivity contribution in [3.8, 4) is 5.75 Å². The first-order chi connectivity index (χ1) is 15.1. The third-order valence-corrected chi connectivity index (χ3v) is 4.68. The third kappa shape index (κ3) is 6.60. The van der Waals surface area contributed by atoms with E-state index in [9.17, 15) is 4.79 Å². The molecule has 31 heavy (non-hydrogen) atoms. The Morgan fingerprint density at radius 3 is 2.65 bits per heavy atom. The van der Waals surface area contributed by atoms with Crippen molar-refractivity contribution in [1.82, 2.24) is 20.0 Å². The van der Waals surface area contributed by atoms with E-state index in [1.54, 1.807) is 37.3 Å². The van der Waals surface area contributed by atoms with E-state index in [4.69, 9.17) is 4.74 Å². The predicted octanol–water partition coefficient (Wildman–Crippen LogP) is 2.74. The van der Waals surface area contributed by atoms with Gasteiger partial charge in [-0.1, -0.05) is 24.3 Å². The lowest BCUT2D eigenvalue weighted by atomic mass is 10.2. The Morgan fingerprint density at radius 1 is 1.16 bits per heavy atom. The van der Waals surface area contributed by atoms with E-state index in [2.05, 4.69) is 25.6 Å². The number of anilines is 1. The van der Waals surface area contributed by atoms with Crippen LogP contribution in [0.1, 0.15) is 11.1 Å². The maximum absolute atomic E-state index is 12.2. The monoisotopic (exact) mass is 420 g/mol. The van der Waals surface area contributed by atoms with Crippen LogP contribution in [-0.2, 0) is 24.4 Å². The molecule has 2 N–H and O–H groups in total. The summed E-state index contributed by atoms with van der Waals surface area (Å²) in [5, 5.41) is 10.3. The van der Waals surface area contributed by atoms with Gasteiger partial charge in [0.25, 0.3) is 0 Å². The molecule has 8 nitrogen and oxygen atoms in total. The zero-order valence-corrected chi connectivity index (χ0v) is 18.1. The molecule has 0 atom stereocenters. The second-order valence-electron chi connectivity index (χ2n) is 7.06. The van der Waals surface area contributed by atoms with Gasteiger partial charge in [-0.2, -0.15) is 5.10 Å². The van der Waals surface area contributed by atoms with Crippen LogP contribution < -0.4 is 15.4 Å². The van der Waals surface area contributed by atoms with Gasteiger partial charge in [-0.15, -0.1) is 0 Å². The van der Waals surface area contributed by atoms with Crippen LogP contribution in [0.4, 0.5) is 5.69 Å². The second-order valence-corrected chi connectivity index (χ2v) is 7.06. The normalized spacial score (nSPS) is 11.1. The maximum Gasteiger partial charge on any atom is 0.246 e. The molecule has 0 radical (unpaired) electrons. The van der Waals surface area contributed by atoms with Gasteiger partial charge in [0.1, 0.15) is 12.3 Å². The fraction of sp³-hybridized carbons (Fsp3) is 0.261. The summed E-state index contributed by atoms with van der Waals surface area (Å²) >= 11 is 0. The summed E-state index contributed by atoms with van der Waals surface area (Å²) in [5.74, 6) is 1.50. The van der Waals surface area contributed by atoms with Crippen molar-refractivity contribution in [2.24, 2.45) is 4.99 Å². The fourth-order valence-electron chi connectivity index (χ4n) is 3.15. The van der Waals surface area contributed by atoms with Gasteiger partial charge in [0.05, 0.1) is 7.11 Å². The number of carbonyl (C=O) groups excluding carboxylic acids is 1. The van der Waals surface area contributed by atoms with Crippen LogP contribution in [-0.4, -0.2) is 47.8 Å². The van der Waals surface area contributed by atoms with Crippen LogP contribution in [0.2, 0.25) is 0 Å². The summed E-state index contributed by atoms with van der Waals surface area (Å²) in [7, 11) is 5.41.